The Labute approximate surface area is 112 Å². The van der Waals surface area contributed by atoms with E-state index in [9.17, 15) is 9.59 Å². The molecule has 2 fully saturated rings. The summed E-state index contributed by atoms with van der Waals surface area (Å²) in [5, 5.41) is 0. The summed E-state index contributed by atoms with van der Waals surface area (Å²) in [5.74, 6) is 1.15. The van der Waals surface area contributed by atoms with E-state index in [1.165, 1.54) is 23.5 Å². The number of aromatic nitrogens is 1. The van der Waals surface area contributed by atoms with Gasteiger partial charge in [-0.3, -0.25) is 9.59 Å². The molecule has 1 aromatic rings. The molecule has 2 N–H and O–H groups in total. The molecule has 1 aliphatic carbocycles. The minimum absolute atomic E-state index is 0.0193. The molecule has 3 rings (SSSR count). The van der Waals surface area contributed by atoms with E-state index in [1.54, 1.807) is 19.3 Å². The minimum atomic E-state index is -0.106. The smallest absolute Gasteiger partial charge is 0.255 e. The van der Waals surface area contributed by atoms with Gasteiger partial charge in [-0.1, -0.05) is 0 Å². The quantitative estimate of drug-likeness (QED) is 0.826. The van der Waals surface area contributed by atoms with Gasteiger partial charge in [0.1, 0.15) is 0 Å². The van der Waals surface area contributed by atoms with Crippen molar-refractivity contribution in [2.24, 2.45) is 24.6 Å². The second-order valence-corrected chi connectivity index (χ2v) is 5.74. The number of carbonyl (C=O) groups excluding carboxylic acids is 1. The lowest BCUT2D eigenvalue weighted by molar-refractivity contribution is 0.0784. The molecule has 0 unspecified atom stereocenters. The molecule has 1 amide bonds. The van der Waals surface area contributed by atoms with Crippen molar-refractivity contribution in [2.75, 3.05) is 13.1 Å². The largest absolute Gasteiger partial charge is 0.337 e. The Hall–Kier alpha value is -1.62. The van der Waals surface area contributed by atoms with Gasteiger partial charge in [0.05, 0.1) is 5.56 Å². The van der Waals surface area contributed by atoms with Crippen molar-refractivity contribution >= 4 is 5.91 Å². The molecule has 0 aromatic carbocycles. The van der Waals surface area contributed by atoms with Gasteiger partial charge < -0.3 is 15.2 Å². The lowest BCUT2D eigenvalue weighted by Gasteiger charge is -2.16. The van der Waals surface area contributed by atoms with Gasteiger partial charge in [0.2, 0.25) is 5.56 Å². The predicted molar refractivity (Wildman–Crippen MR) is 71.8 cm³/mol. The molecule has 0 spiro atoms. The van der Waals surface area contributed by atoms with E-state index in [4.69, 9.17) is 5.73 Å². The Morgan fingerprint density at radius 3 is 2.68 bits per heavy atom. The van der Waals surface area contributed by atoms with Crippen molar-refractivity contribution in [1.29, 1.82) is 0 Å². The van der Waals surface area contributed by atoms with E-state index in [0.717, 1.165) is 6.54 Å². The average molecular weight is 261 g/mol. The highest BCUT2D eigenvalue weighted by molar-refractivity contribution is 5.94. The van der Waals surface area contributed by atoms with Crippen LogP contribution in [0.3, 0.4) is 0 Å². The summed E-state index contributed by atoms with van der Waals surface area (Å²) in [6.45, 7) is 1.39. The minimum Gasteiger partial charge on any atom is -0.337 e. The second kappa shape index (κ2) is 4.49. The number of likely N-dealkylation sites (tertiary alicyclic amines) is 1. The second-order valence-electron chi connectivity index (χ2n) is 5.74. The summed E-state index contributed by atoms with van der Waals surface area (Å²) in [4.78, 5) is 25.6. The number of nitrogens with two attached hydrogens (primary N) is 1. The molecule has 2 heterocycles. The molecule has 5 heteroatoms. The average Bonchev–Trinajstić information content (AvgIpc) is 3.15. The number of rotatable bonds is 2. The van der Waals surface area contributed by atoms with Crippen LogP contribution >= 0.6 is 0 Å². The van der Waals surface area contributed by atoms with Crippen LogP contribution in [0, 0.1) is 11.8 Å². The van der Waals surface area contributed by atoms with Crippen molar-refractivity contribution in [2.45, 2.75) is 18.9 Å². The van der Waals surface area contributed by atoms with Crippen LogP contribution in [-0.4, -0.2) is 34.5 Å². The highest BCUT2D eigenvalue weighted by Gasteiger charge is 2.42. The fraction of sp³-hybridized carbons (Fsp3) is 0.571. The van der Waals surface area contributed by atoms with E-state index in [-0.39, 0.29) is 17.5 Å². The van der Waals surface area contributed by atoms with Crippen molar-refractivity contribution in [3.63, 3.8) is 0 Å². The van der Waals surface area contributed by atoms with Gasteiger partial charge in [0.25, 0.3) is 5.91 Å². The Morgan fingerprint density at radius 2 is 2.05 bits per heavy atom. The fourth-order valence-corrected chi connectivity index (χ4v) is 2.95. The summed E-state index contributed by atoms with van der Waals surface area (Å²) in [7, 11) is 1.65. The van der Waals surface area contributed by atoms with Crippen LogP contribution in [0.5, 0.6) is 0 Å². The summed E-state index contributed by atoms with van der Waals surface area (Å²) in [5.41, 5.74) is 6.59. The standard InChI is InChI=1S/C14H19N3O2/c1-16-6-10(4-5-13(16)18)14(19)17-7-11(9-2-3-9)12(15)8-17/h4-6,9,11-12H,2-3,7-8,15H2,1H3/t11-,12+/m1/s1. The Kier molecular flexibility index (Phi) is 2.93. The van der Waals surface area contributed by atoms with Gasteiger partial charge in [-0.25, -0.2) is 0 Å². The van der Waals surface area contributed by atoms with E-state index in [1.807, 2.05) is 4.90 Å². The first-order chi connectivity index (χ1) is 9.06. The molecule has 0 bridgehead atoms. The number of nitrogens with zero attached hydrogens (tertiary/aromatic N) is 2. The van der Waals surface area contributed by atoms with E-state index < -0.39 is 0 Å². The third kappa shape index (κ3) is 2.30. The molecule has 1 saturated carbocycles. The molecule has 102 valence electrons. The van der Waals surface area contributed by atoms with Crippen LogP contribution < -0.4 is 11.3 Å². The van der Waals surface area contributed by atoms with E-state index in [0.29, 0.717) is 23.9 Å². The number of hydrogen-bond donors (Lipinski definition) is 1. The van der Waals surface area contributed by atoms with E-state index in [2.05, 4.69) is 0 Å². The van der Waals surface area contributed by atoms with Gasteiger partial charge in [-0.15, -0.1) is 0 Å². The zero-order valence-electron chi connectivity index (χ0n) is 11.1. The van der Waals surface area contributed by atoms with Crippen molar-refractivity contribution < 1.29 is 4.79 Å². The van der Waals surface area contributed by atoms with Gasteiger partial charge >= 0.3 is 0 Å². The first-order valence-corrected chi connectivity index (χ1v) is 6.78. The fourth-order valence-electron chi connectivity index (χ4n) is 2.95. The van der Waals surface area contributed by atoms with Gasteiger partial charge in [0.15, 0.2) is 0 Å². The molecule has 2 aliphatic rings. The number of pyridine rings is 1. The molecular formula is C14H19N3O2. The summed E-state index contributed by atoms with van der Waals surface area (Å²) in [6.07, 6.45) is 4.10. The van der Waals surface area contributed by atoms with Gasteiger partial charge in [-0.2, -0.15) is 0 Å². The van der Waals surface area contributed by atoms with Crippen LogP contribution in [0.25, 0.3) is 0 Å². The third-order valence-electron chi connectivity index (χ3n) is 4.26. The Bertz CT molecular complexity index is 562. The normalized spacial score (nSPS) is 26.7. The van der Waals surface area contributed by atoms with Crippen LogP contribution in [0.4, 0.5) is 0 Å². The zero-order valence-corrected chi connectivity index (χ0v) is 11.1. The first-order valence-electron chi connectivity index (χ1n) is 6.78. The summed E-state index contributed by atoms with van der Waals surface area (Å²) in [6, 6.07) is 3.13. The summed E-state index contributed by atoms with van der Waals surface area (Å²) >= 11 is 0. The lowest BCUT2D eigenvalue weighted by Crippen LogP contribution is -2.33. The maximum atomic E-state index is 12.4. The number of carbonyl (C=O) groups is 1. The van der Waals surface area contributed by atoms with Gasteiger partial charge in [-0.05, 0) is 30.7 Å². The Morgan fingerprint density at radius 1 is 1.32 bits per heavy atom. The maximum Gasteiger partial charge on any atom is 0.255 e. The molecule has 1 aromatic heterocycles. The Balaban J connectivity index is 1.77. The zero-order chi connectivity index (χ0) is 13.6. The highest BCUT2D eigenvalue weighted by Crippen LogP contribution is 2.41. The van der Waals surface area contributed by atoms with Crippen molar-refractivity contribution in [1.82, 2.24) is 9.47 Å². The number of hydrogen-bond acceptors (Lipinski definition) is 3. The lowest BCUT2D eigenvalue weighted by atomic mass is 9.99. The molecule has 1 aliphatic heterocycles. The maximum absolute atomic E-state index is 12.4. The topological polar surface area (TPSA) is 68.3 Å². The van der Waals surface area contributed by atoms with Crippen molar-refractivity contribution in [3.8, 4) is 0 Å². The van der Waals surface area contributed by atoms with Gasteiger partial charge in [0, 0.05) is 38.4 Å². The predicted octanol–water partition coefficient (Wildman–Crippen LogP) is 0.195. The van der Waals surface area contributed by atoms with Crippen LogP contribution in [0.1, 0.15) is 23.2 Å². The molecule has 2 atom stereocenters. The number of aryl methyl sites for hydroxylation is 1. The SMILES string of the molecule is Cn1cc(C(=O)N2C[C@H](C3CC3)[C@@H](N)C2)ccc1=O. The van der Waals surface area contributed by atoms with Crippen molar-refractivity contribution in [3.05, 3.63) is 34.2 Å². The van der Waals surface area contributed by atoms with Crippen LogP contribution in [0.2, 0.25) is 0 Å². The van der Waals surface area contributed by atoms with E-state index >= 15 is 0 Å². The molecule has 19 heavy (non-hydrogen) atoms. The third-order valence-corrected chi connectivity index (χ3v) is 4.26. The molecule has 1 saturated heterocycles. The molecule has 5 nitrogen and oxygen atoms in total. The number of amides is 1. The van der Waals surface area contributed by atoms with Crippen LogP contribution in [0.15, 0.2) is 23.1 Å². The summed E-state index contributed by atoms with van der Waals surface area (Å²) < 4.78 is 1.43. The monoisotopic (exact) mass is 261 g/mol. The first kappa shape index (κ1) is 12.4. The molecular weight excluding hydrogens is 242 g/mol. The van der Waals surface area contributed by atoms with Crippen LogP contribution in [-0.2, 0) is 7.05 Å². The molecule has 0 radical (unpaired) electrons. The highest BCUT2D eigenvalue weighted by atomic mass is 16.2.